The van der Waals surface area contributed by atoms with Crippen molar-refractivity contribution in [2.75, 3.05) is 5.32 Å². The zero-order valence-corrected chi connectivity index (χ0v) is 12.2. The fraction of sp³-hybridized carbons (Fsp3) is 0.533. The van der Waals surface area contributed by atoms with E-state index in [9.17, 15) is 0 Å². The van der Waals surface area contributed by atoms with Gasteiger partial charge >= 0.3 is 0 Å². The molecular weight excluding hydrogens is 254 g/mol. The van der Waals surface area contributed by atoms with Crippen molar-refractivity contribution in [3.63, 3.8) is 0 Å². The summed E-state index contributed by atoms with van der Waals surface area (Å²) in [7, 11) is 0. The molecule has 0 amide bonds. The molecule has 0 spiro atoms. The second-order valence-electron chi connectivity index (χ2n) is 5.33. The van der Waals surface area contributed by atoms with Crippen molar-refractivity contribution in [1.82, 2.24) is 9.55 Å². The number of nitrogens with one attached hydrogen (secondary N) is 1. The summed E-state index contributed by atoms with van der Waals surface area (Å²) in [6, 6.07) is 5.26. The third-order valence-corrected chi connectivity index (χ3v) is 5.02. The van der Waals surface area contributed by atoms with Crippen LogP contribution in [0.1, 0.15) is 49.9 Å². The normalized spacial score (nSPS) is 18.4. The monoisotopic (exact) mass is 275 g/mol. The van der Waals surface area contributed by atoms with Crippen LogP contribution in [0, 0.1) is 0 Å². The number of anilines is 1. The van der Waals surface area contributed by atoms with Crippen LogP contribution in [0.4, 0.5) is 5.95 Å². The summed E-state index contributed by atoms with van der Waals surface area (Å²) in [4.78, 5) is 5.88. The van der Waals surface area contributed by atoms with E-state index in [0.717, 1.165) is 5.95 Å². The van der Waals surface area contributed by atoms with Crippen LogP contribution in [0.2, 0.25) is 0 Å². The minimum atomic E-state index is 0.355. The van der Waals surface area contributed by atoms with E-state index in [0.29, 0.717) is 12.1 Å². The average molecular weight is 275 g/mol. The van der Waals surface area contributed by atoms with Gasteiger partial charge in [0.2, 0.25) is 5.95 Å². The highest BCUT2D eigenvalue weighted by atomic mass is 32.1. The van der Waals surface area contributed by atoms with E-state index < -0.39 is 0 Å². The highest BCUT2D eigenvalue weighted by Crippen LogP contribution is 2.27. The molecule has 0 aliphatic heterocycles. The molecule has 0 saturated heterocycles. The number of hydrogen-bond donors (Lipinski definition) is 1. The molecule has 1 unspecified atom stereocenters. The van der Waals surface area contributed by atoms with Gasteiger partial charge in [0, 0.05) is 23.3 Å². The number of hydrogen-bond acceptors (Lipinski definition) is 3. The van der Waals surface area contributed by atoms with E-state index in [1.807, 2.05) is 17.5 Å². The molecule has 1 aliphatic rings. The number of rotatable bonds is 4. The number of aromatic nitrogens is 2. The van der Waals surface area contributed by atoms with Gasteiger partial charge in [0.25, 0.3) is 0 Å². The quantitative estimate of drug-likeness (QED) is 0.901. The lowest BCUT2D eigenvalue weighted by Gasteiger charge is -2.25. The first-order valence-electron chi connectivity index (χ1n) is 7.17. The van der Waals surface area contributed by atoms with Crippen molar-refractivity contribution in [2.45, 2.75) is 51.1 Å². The lowest BCUT2D eigenvalue weighted by Crippen LogP contribution is -2.24. The molecule has 19 heavy (non-hydrogen) atoms. The van der Waals surface area contributed by atoms with Crippen LogP contribution in [0.15, 0.2) is 29.9 Å². The van der Waals surface area contributed by atoms with Gasteiger partial charge < -0.3 is 9.88 Å². The molecule has 1 saturated carbocycles. The molecule has 102 valence electrons. The standard InChI is InChI=1S/C15H21N3S/c1-12(14-8-5-11-19-14)18-10-9-16-15(18)17-13-6-3-2-4-7-13/h5,8-13H,2-4,6-7H2,1H3,(H,16,17). The van der Waals surface area contributed by atoms with E-state index in [4.69, 9.17) is 0 Å². The largest absolute Gasteiger partial charge is 0.353 e. The zero-order valence-electron chi connectivity index (χ0n) is 11.4. The number of nitrogens with zero attached hydrogens (tertiary/aromatic N) is 2. The van der Waals surface area contributed by atoms with Crippen LogP contribution >= 0.6 is 11.3 Å². The molecular formula is C15H21N3S. The van der Waals surface area contributed by atoms with Gasteiger partial charge in [-0.1, -0.05) is 25.3 Å². The van der Waals surface area contributed by atoms with Crippen molar-refractivity contribution in [3.8, 4) is 0 Å². The Morgan fingerprint density at radius 2 is 2.21 bits per heavy atom. The molecule has 1 N–H and O–H groups in total. The van der Waals surface area contributed by atoms with Gasteiger partial charge in [0.1, 0.15) is 0 Å². The maximum Gasteiger partial charge on any atom is 0.203 e. The van der Waals surface area contributed by atoms with Gasteiger partial charge in [-0.25, -0.2) is 4.98 Å². The molecule has 3 nitrogen and oxygen atoms in total. The first kappa shape index (κ1) is 12.7. The maximum atomic E-state index is 4.50. The Bertz CT molecular complexity index is 497. The van der Waals surface area contributed by atoms with Crippen LogP contribution in [-0.4, -0.2) is 15.6 Å². The zero-order chi connectivity index (χ0) is 13.1. The van der Waals surface area contributed by atoms with E-state index in [1.54, 1.807) is 0 Å². The van der Waals surface area contributed by atoms with Crippen LogP contribution < -0.4 is 5.32 Å². The van der Waals surface area contributed by atoms with Gasteiger partial charge in [0.05, 0.1) is 6.04 Å². The first-order valence-corrected chi connectivity index (χ1v) is 8.05. The third-order valence-electron chi connectivity index (χ3n) is 3.98. The highest BCUT2D eigenvalue weighted by Gasteiger charge is 2.17. The highest BCUT2D eigenvalue weighted by molar-refractivity contribution is 7.10. The van der Waals surface area contributed by atoms with E-state index >= 15 is 0 Å². The minimum Gasteiger partial charge on any atom is -0.353 e. The van der Waals surface area contributed by atoms with Gasteiger partial charge in [-0.15, -0.1) is 11.3 Å². The predicted molar refractivity (Wildman–Crippen MR) is 80.9 cm³/mol. The first-order chi connectivity index (χ1) is 9.34. The molecule has 4 heteroatoms. The maximum absolute atomic E-state index is 4.50. The van der Waals surface area contributed by atoms with Crippen LogP contribution in [0.5, 0.6) is 0 Å². The topological polar surface area (TPSA) is 29.9 Å². The lowest BCUT2D eigenvalue weighted by atomic mass is 9.96. The molecule has 1 fully saturated rings. The van der Waals surface area contributed by atoms with Crippen molar-refractivity contribution >= 4 is 17.3 Å². The lowest BCUT2D eigenvalue weighted by molar-refractivity contribution is 0.458. The summed E-state index contributed by atoms with van der Waals surface area (Å²) < 4.78 is 2.25. The summed E-state index contributed by atoms with van der Waals surface area (Å²) in [5.41, 5.74) is 0. The van der Waals surface area contributed by atoms with E-state index in [-0.39, 0.29) is 0 Å². The van der Waals surface area contributed by atoms with E-state index in [1.165, 1.54) is 37.0 Å². The Morgan fingerprint density at radius 3 is 2.95 bits per heavy atom. The fourth-order valence-corrected chi connectivity index (χ4v) is 3.61. The summed E-state index contributed by atoms with van der Waals surface area (Å²) in [6.45, 7) is 2.24. The Morgan fingerprint density at radius 1 is 1.37 bits per heavy atom. The van der Waals surface area contributed by atoms with E-state index in [2.05, 4.69) is 45.5 Å². The molecule has 0 bridgehead atoms. The van der Waals surface area contributed by atoms with Gasteiger partial charge in [-0.05, 0) is 31.2 Å². The van der Waals surface area contributed by atoms with Crippen LogP contribution in [0.3, 0.4) is 0 Å². The van der Waals surface area contributed by atoms with Gasteiger partial charge in [-0.3, -0.25) is 0 Å². The Hall–Kier alpha value is -1.29. The van der Waals surface area contributed by atoms with Crippen molar-refractivity contribution in [3.05, 3.63) is 34.8 Å². The predicted octanol–water partition coefficient (Wildman–Crippen LogP) is 4.30. The SMILES string of the molecule is CC(c1cccs1)n1ccnc1NC1CCCCC1. The van der Waals surface area contributed by atoms with Crippen LogP contribution in [-0.2, 0) is 0 Å². The molecule has 0 radical (unpaired) electrons. The van der Waals surface area contributed by atoms with Gasteiger partial charge in [0.15, 0.2) is 0 Å². The van der Waals surface area contributed by atoms with Crippen LogP contribution in [0.25, 0.3) is 0 Å². The second kappa shape index (κ2) is 5.78. The Balaban J connectivity index is 1.74. The second-order valence-corrected chi connectivity index (χ2v) is 6.31. The summed E-state index contributed by atoms with van der Waals surface area (Å²) >= 11 is 1.81. The molecule has 3 rings (SSSR count). The molecule has 0 aromatic carbocycles. The minimum absolute atomic E-state index is 0.355. The van der Waals surface area contributed by atoms with Crippen molar-refractivity contribution < 1.29 is 0 Å². The fourth-order valence-electron chi connectivity index (χ4n) is 2.83. The molecule has 2 heterocycles. The summed E-state index contributed by atoms with van der Waals surface area (Å²) in [6.07, 6.45) is 10.6. The molecule has 2 aromatic heterocycles. The third kappa shape index (κ3) is 2.84. The van der Waals surface area contributed by atoms with Crippen molar-refractivity contribution in [2.24, 2.45) is 0 Å². The average Bonchev–Trinajstić information content (AvgIpc) is 3.10. The number of thiophene rings is 1. The Kier molecular flexibility index (Phi) is 3.87. The summed E-state index contributed by atoms with van der Waals surface area (Å²) in [5, 5.41) is 5.76. The molecule has 2 aromatic rings. The summed E-state index contributed by atoms with van der Waals surface area (Å²) in [5.74, 6) is 1.02. The Labute approximate surface area is 118 Å². The van der Waals surface area contributed by atoms with Crippen molar-refractivity contribution in [1.29, 1.82) is 0 Å². The van der Waals surface area contributed by atoms with Gasteiger partial charge in [-0.2, -0.15) is 0 Å². The number of imidazole rings is 1. The molecule has 1 aliphatic carbocycles. The smallest absolute Gasteiger partial charge is 0.203 e. The molecule has 1 atom stereocenters.